The molecule has 0 radical (unpaired) electrons. The number of imide groups is 1. The lowest BCUT2D eigenvalue weighted by atomic mass is 10.1. The number of benzene rings is 2. The smallest absolute Gasteiger partial charge is 0.293 e. The second kappa shape index (κ2) is 11.1. The first-order chi connectivity index (χ1) is 16.5. The molecule has 3 amide bonds. The molecule has 176 valence electrons. The van der Waals surface area contributed by atoms with Crippen LogP contribution in [-0.4, -0.2) is 34.3 Å². The molecular weight excluding hydrogens is 452 g/mol. The van der Waals surface area contributed by atoms with Crippen LogP contribution in [0.1, 0.15) is 42.9 Å². The van der Waals surface area contributed by atoms with Gasteiger partial charge in [-0.3, -0.25) is 24.7 Å². The Labute approximate surface area is 202 Å². The molecule has 10 heteroatoms. The van der Waals surface area contributed by atoms with Gasteiger partial charge in [-0.1, -0.05) is 36.7 Å². The predicted octanol–water partition coefficient (Wildman–Crippen LogP) is 2.34. The lowest BCUT2D eigenvalue weighted by molar-refractivity contribution is -0.713. The zero-order valence-corrected chi connectivity index (χ0v) is 19.7. The lowest BCUT2D eigenvalue weighted by Gasteiger charge is -2.12. The maximum absolute atomic E-state index is 12.7. The van der Waals surface area contributed by atoms with Crippen molar-refractivity contribution in [3.8, 4) is 0 Å². The Hall–Kier alpha value is -3.47. The van der Waals surface area contributed by atoms with Gasteiger partial charge in [0.15, 0.2) is 0 Å². The molecule has 0 bridgehead atoms. The maximum Gasteiger partial charge on any atom is 0.293 e. The third-order valence-corrected chi connectivity index (χ3v) is 6.39. The van der Waals surface area contributed by atoms with Gasteiger partial charge >= 0.3 is 0 Å². The molecule has 2 aromatic carbocycles. The fourth-order valence-corrected chi connectivity index (χ4v) is 4.43. The highest BCUT2D eigenvalue weighted by atomic mass is 32.2. The van der Waals surface area contributed by atoms with Gasteiger partial charge in [0.1, 0.15) is 0 Å². The fraction of sp³-hybridized carbons (Fsp3) is 0.250. The SMILES string of the molecule is CCc1ccc(/C=C2\SC(=O)N(CCCCC(=O)Nc3ccc(C4=N[NH2+]NN4)cc3)C2=O)cc1. The average molecular weight is 480 g/mol. The number of rotatable bonds is 9. The van der Waals surface area contributed by atoms with E-state index in [-0.39, 0.29) is 17.1 Å². The maximum atomic E-state index is 12.7. The molecule has 0 spiro atoms. The summed E-state index contributed by atoms with van der Waals surface area (Å²) in [5.41, 5.74) is 11.0. The number of thioether (sulfide) groups is 1. The summed E-state index contributed by atoms with van der Waals surface area (Å²) < 4.78 is 0. The Kier molecular flexibility index (Phi) is 7.73. The van der Waals surface area contributed by atoms with Crippen molar-refractivity contribution in [1.29, 1.82) is 0 Å². The van der Waals surface area contributed by atoms with Crippen LogP contribution in [0.3, 0.4) is 0 Å². The summed E-state index contributed by atoms with van der Waals surface area (Å²) in [6.45, 7) is 2.39. The molecule has 0 unspecified atom stereocenters. The normalized spacial score (nSPS) is 16.7. The van der Waals surface area contributed by atoms with Gasteiger partial charge in [-0.05, 0) is 77.6 Å². The third kappa shape index (κ3) is 5.90. The van der Waals surface area contributed by atoms with Crippen molar-refractivity contribution >= 4 is 46.4 Å². The summed E-state index contributed by atoms with van der Waals surface area (Å²) in [6.07, 6.45) is 4.16. The number of amides is 3. The monoisotopic (exact) mass is 479 g/mol. The van der Waals surface area contributed by atoms with E-state index in [9.17, 15) is 14.4 Å². The topological polar surface area (TPSA) is 120 Å². The number of nitrogens with two attached hydrogens (primary N) is 1. The van der Waals surface area contributed by atoms with Gasteiger partial charge in [-0.2, -0.15) is 0 Å². The quantitative estimate of drug-likeness (QED) is 0.249. The van der Waals surface area contributed by atoms with Gasteiger partial charge in [-0.25, -0.2) is 0 Å². The molecule has 34 heavy (non-hydrogen) atoms. The first-order valence-electron chi connectivity index (χ1n) is 11.2. The molecule has 0 aliphatic carbocycles. The van der Waals surface area contributed by atoms with E-state index in [1.54, 1.807) is 11.6 Å². The Morgan fingerprint density at radius 3 is 2.56 bits per heavy atom. The number of amidine groups is 1. The van der Waals surface area contributed by atoms with Crippen molar-refractivity contribution in [2.75, 3.05) is 11.9 Å². The van der Waals surface area contributed by atoms with Crippen LogP contribution < -0.4 is 21.8 Å². The van der Waals surface area contributed by atoms with Crippen molar-refractivity contribution in [3.63, 3.8) is 0 Å². The number of carbonyl (C=O) groups excluding carboxylic acids is 3. The Morgan fingerprint density at radius 2 is 1.88 bits per heavy atom. The first-order valence-corrected chi connectivity index (χ1v) is 12.0. The molecule has 0 saturated carbocycles. The van der Waals surface area contributed by atoms with Crippen LogP contribution in [0.4, 0.5) is 10.5 Å². The summed E-state index contributed by atoms with van der Waals surface area (Å²) in [7, 11) is 0. The number of hydrogen-bond donors (Lipinski definition) is 4. The molecule has 5 N–H and O–H groups in total. The van der Waals surface area contributed by atoms with Crippen LogP contribution in [0.5, 0.6) is 0 Å². The van der Waals surface area contributed by atoms with Gasteiger partial charge in [0.25, 0.3) is 11.1 Å². The number of hydrazine groups is 1. The van der Waals surface area contributed by atoms with Gasteiger partial charge in [0.2, 0.25) is 11.7 Å². The number of nitrogens with zero attached hydrogens (tertiary/aromatic N) is 2. The summed E-state index contributed by atoms with van der Waals surface area (Å²) in [5.74, 6) is 0.339. The summed E-state index contributed by atoms with van der Waals surface area (Å²) in [5, 5.41) is 6.75. The third-order valence-electron chi connectivity index (χ3n) is 5.49. The average Bonchev–Trinajstić information content (AvgIpc) is 3.47. The number of quaternary nitrogens is 1. The van der Waals surface area contributed by atoms with Crippen molar-refractivity contribution < 1.29 is 19.9 Å². The Balaban J connectivity index is 1.21. The molecule has 0 aromatic heterocycles. The molecule has 0 atom stereocenters. The van der Waals surface area contributed by atoms with E-state index in [0.29, 0.717) is 36.4 Å². The zero-order valence-electron chi connectivity index (χ0n) is 18.8. The molecule has 1 saturated heterocycles. The van der Waals surface area contributed by atoms with E-state index >= 15 is 0 Å². The second-order valence-electron chi connectivity index (χ2n) is 7.89. The number of hydrogen-bond acceptors (Lipinski definition) is 7. The molecule has 4 rings (SSSR count). The highest BCUT2D eigenvalue weighted by Gasteiger charge is 2.34. The Morgan fingerprint density at radius 1 is 1.12 bits per heavy atom. The molecule has 2 heterocycles. The van der Waals surface area contributed by atoms with Gasteiger partial charge < -0.3 is 5.32 Å². The van der Waals surface area contributed by atoms with Crippen LogP contribution in [-0.2, 0) is 16.0 Å². The van der Waals surface area contributed by atoms with E-state index in [1.807, 2.05) is 48.5 Å². The number of carbonyl (C=O) groups is 3. The van der Waals surface area contributed by atoms with Crippen LogP contribution >= 0.6 is 11.8 Å². The highest BCUT2D eigenvalue weighted by molar-refractivity contribution is 8.18. The summed E-state index contributed by atoms with van der Waals surface area (Å²) >= 11 is 0.963. The molecule has 9 nitrogen and oxygen atoms in total. The van der Waals surface area contributed by atoms with Crippen molar-refractivity contribution in [2.45, 2.75) is 32.6 Å². The van der Waals surface area contributed by atoms with E-state index in [1.165, 1.54) is 10.5 Å². The minimum Gasteiger partial charge on any atom is -0.326 e. The van der Waals surface area contributed by atoms with Crippen molar-refractivity contribution in [2.24, 2.45) is 5.10 Å². The molecule has 2 aliphatic heterocycles. The molecule has 1 fully saturated rings. The summed E-state index contributed by atoms with van der Waals surface area (Å²) in [6, 6.07) is 15.3. The van der Waals surface area contributed by atoms with E-state index in [0.717, 1.165) is 35.1 Å². The van der Waals surface area contributed by atoms with Gasteiger partial charge in [0.05, 0.1) is 4.91 Å². The Bertz CT molecular complexity index is 1130. The van der Waals surface area contributed by atoms with E-state index < -0.39 is 0 Å². The molecular formula is C24H27N6O3S+. The van der Waals surface area contributed by atoms with Crippen LogP contribution in [0.25, 0.3) is 6.08 Å². The molecule has 2 aromatic rings. The minimum absolute atomic E-state index is 0.108. The first kappa shape index (κ1) is 23.7. The second-order valence-corrected chi connectivity index (χ2v) is 8.88. The van der Waals surface area contributed by atoms with Crippen molar-refractivity contribution in [3.05, 3.63) is 70.1 Å². The van der Waals surface area contributed by atoms with Crippen LogP contribution in [0.2, 0.25) is 0 Å². The highest BCUT2D eigenvalue weighted by Crippen LogP contribution is 2.32. The van der Waals surface area contributed by atoms with E-state index in [4.69, 9.17) is 0 Å². The van der Waals surface area contributed by atoms with Gasteiger partial charge in [0, 0.05) is 24.2 Å². The van der Waals surface area contributed by atoms with Crippen LogP contribution in [0.15, 0.2) is 58.5 Å². The summed E-state index contributed by atoms with van der Waals surface area (Å²) in [4.78, 5) is 38.9. The largest absolute Gasteiger partial charge is 0.326 e. The molecule has 2 aliphatic rings. The number of unbranched alkanes of at least 4 members (excludes halogenated alkanes) is 1. The number of aryl methyl sites for hydroxylation is 1. The lowest BCUT2D eigenvalue weighted by Crippen LogP contribution is -2.87. The zero-order chi connectivity index (χ0) is 23.9. The van der Waals surface area contributed by atoms with E-state index in [2.05, 4.69) is 28.3 Å². The predicted molar refractivity (Wildman–Crippen MR) is 132 cm³/mol. The van der Waals surface area contributed by atoms with Crippen molar-refractivity contribution in [1.82, 2.24) is 15.9 Å². The van der Waals surface area contributed by atoms with Gasteiger partial charge in [-0.15, -0.1) is 5.53 Å². The number of anilines is 1. The standard InChI is InChI=1S/C24H26N6O3S/c1-2-16-6-8-17(9-7-16)15-20-23(32)30(24(33)34-20)14-4-3-5-21(31)25-19-12-10-18(11-13-19)22-26-28-29-27-22/h6-13,15,28-29H,2-5,14H2,1H3,(H,25,31)(H,26,27)/p+1/b20-15-. The fourth-order valence-electron chi connectivity index (χ4n) is 3.56. The number of nitrogens with one attached hydrogen (secondary N) is 3. The minimum atomic E-state index is -0.270. The van der Waals surface area contributed by atoms with Crippen LogP contribution in [0, 0.1) is 0 Å².